The Hall–Kier alpha value is -0.830. The highest BCUT2D eigenvalue weighted by Gasteiger charge is 2.09. The standard InChI is InChI=1S/C12H7Cl2NS/c1-6-7-2-3-16-12(7)15-11-5-10(14)9(13)4-8(6)11/h2-5H,1H3. The molecule has 16 heavy (non-hydrogen) atoms. The Morgan fingerprint density at radius 3 is 2.69 bits per heavy atom. The van der Waals surface area contributed by atoms with E-state index in [2.05, 4.69) is 18.0 Å². The number of halogens is 2. The molecule has 2 heterocycles. The molecule has 0 spiro atoms. The van der Waals surface area contributed by atoms with E-state index in [1.165, 1.54) is 10.9 Å². The highest BCUT2D eigenvalue weighted by molar-refractivity contribution is 7.16. The molecule has 3 aromatic rings. The molecule has 1 aromatic carbocycles. The summed E-state index contributed by atoms with van der Waals surface area (Å²) in [6.45, 7) is 2.09. The van der Waals surface area contributed by atoms with Crippen LogP contribution in [0.4, 0.5) is 0 Å². The van der Waals surface area contributed by atoms with E-state index in [0.29, 0.717) is 10.0 Å². The van der Waals surface area contributed by atoms with Crippen LogP contribution in [0.2, 0.25) is 10.0 Å². The number of aromatic nitrogens is 1. The Bertz CT molecular complexity index is 703. The number of fused-ring (bicyclic) bond motifs is 2. The third kappa shape index (κ3) is 1.41. The molecule has 0 atom stereocenters. The van der Waals surface area contributed by atoms with Gasteiger partial charge in [0.1, 0.15) is 4.83 Å². The summed E-state index contributed by atoms with van der Waals surface area (Å²) in [5.41, 5.74) is 2.11. The minimum absolute atomic E-state index is 0.553. The van der Waals surface area contributed by atoms with Crippen molar-refractivity contribution in [3.8, 4) is 0 Å². The Kier molecular flexibility index (Phi) is 2.32. The SMILES string of the molecule is Cc1c2cc(Cl)c(Cl)cc2nc2sccc12. The van der Waals surface area contributed by atoms with Gasteiger partial charge in [-0.2, -0.15) is 0 Å². The molecule has 0 aliphatic heterocycles. The van der Waals surface area contributed by atoms with Crippen molar-refractivity contribution >= 4 is 55.7 Å². The second kappa shape index (κ2) is 3.59. The van der Waals surface area contributed by atoms with Crippen molar-refractivity contribution in [2.24, 2.45) is 0 Å². The number of pyridine rings is 1. The van der Waals surface area contributed by atoms with Crippen LogP contribution in [0.25, 0.3) is 21.1 Å². The van der Waals surface area contributed by atoms with E-state index in [1.807, 2.05) is 17.5 Å². The van der Waals surface area contributed by atoms with Crippen molar-refractivity contribution in [2.45, 2.75) is 6.92 Å². The van der Waals surface area contributed by atoms with E-state index < -0.39 is 0 Å². The first kappa shape index (κ1) is 10.3. The molecule has 1 nitrogen and oxygen atoms in total. The summed E-state index contributed by atoms with van der Waals surface area (Å²) in [6, 6.07) is 5.80. The first-order valence-electron chi connectivity index (χ1n) is 4.79. The van der Waals surface area contributed by atoms with Crippen LogP contribution in [0.5, 0.6) is 0 Å². The second-order valence-electron chi connectivity index (χ2n) is 3.66. The number of hydrogen-bond donors (Lipinski definition) is 0. The predicted octanol–water partition coefficient (Wildman–Crippen LogP) is 5.06. The maximum absolute atomic E-state index is 6.03. The molecular formula is C12H7Cl2NS. The fourth-order valence-corrected chi connectivity index (χ4v) is 3.01. The molecule has 0 fully saturated rings. The summed E-state index contributed by atoms with van der Waals surface area (Å²) in [6.07, 6.45) is 0. The molecule has 0 amide bonds. The van der Waals surface area contributed by atoms with Gasteiger partial charge in [-0.15, -0.1) is 11.3 Å². The van der Waals surface area contributed by atoms with E-state index >= 15 is 0 Å². The topological polar surface area (TPSA) is 12.9 Å². The number of thiophene rings is 1. The molecule has 3 rings (SSSR count). The monoisotopic (exact) mass is 267 g/mol. The minimum atomic E-state index is 0.553. The molecule has 0 saturated carbocycles. The van der Waals surface area contributed by atoms with E-state index in [0.717, 1.165) is 15.7 Å². The van der Waals surface area contributed by atoms with Gasteiger partial charge in [-0.3, -0.25) is 0 Å². The lowest BCUT2D eigenvalue weighted by Crippen LogP contribution is -1.85. The fraction of sp³-hybridized carbons (Fsp3) is 0.0833. The van der Waals surface area contributed by atoms with Gasteiger partial charge in [0.25, 0.3) is 0 Å². The number of nitrogens with zero attached hydrogens (tertiary/aromatic N) is 1. The van der Waals surface area contributed by atoms with Gasteiger partial charge in [0.05, 0.1) is 15.6 Å². The van der Waals surface area contributed by atoms with Crippen LogP contribution in [-0.4, -0.2) is 4.98 Å². The maximum Gasteiger partial charge on any atom is 0.124 e. The van der Waals surface area contributed by atoms with Crippen LogP contribution in [0.1, 0.15) is 5.56 Å². The third-order valence-electron chi connectivity index (χ3n) is 2.71. The molecule has 4 heteroatoms. The van der Waals surface area contributed by atoms with Gasteiger partial charge in [0.15, 0.2) is 0 Å². The summed E-state index contributed by atoms with van der Waals surface area (Å²) in [7, 11) is 0. The van der Waals surface area contributed by atoms with Crippen molar-refractivity contribution in [3.05, 3.63) is 39.2 Å². The van der Waals surface area contributed by atoms with Crippen LogP contribution in [-0.2, 0) is 0 Å². The van der Waals surface area contributed by atoms with Crippen molar-refractivity contribution in [2.75, 3.05) is 0 Å². The van der Waals surface area contributed by atoms with Crippen molar-refractivity contribution in [1.29, 1.82) is 0 Å². The number of aryl methyl sites for hydroxylation is 1. The van der Waals surface area contributed by atoms with E-state index in [9.17, 15) is 0 Å². The Morgan fingerprint density at radius 2 is 1.88 bits per heavy atom. The normalized spacial score (nSPS) is 11.4. The fourth-order valence-electron chi connectivity index (χ4n) is 1.86. The van der Waals surface area contributed by atoms with Crippen LogP contribution >= 0.6 is 34.5 Å². The second-order valence-corrected chi connectivity index (χ2v) is 5.37. The number of benzene rings is 1. The Balaban J connectivity index is 2.56. The zero-order valence-electron chi connectivity index (χ0n) is 8.42. The van der Waals surface area contributed by atoms with E-state index in [1.54, 1.807) is 11.3 Å². The smallest absolute Gasteiger partial charge is 0.124 e. The van der Waals surface area contributed by atoms with Crippen molar-refractivity contribution < 1.29 is 0 Å². The highest BCUT2D eigenvalue weighted by atomic mass is 35.5. The lowest BCUT2D eigenvalue weighted by atomic mass is 10.1. The van der Waals surface area contributed by atoms with Crippen LogP contribution in [0.3, 0.4) is 0 Å². The van der Waals surface area contributed by atoms with Gasteiger partial charge in [0, 0.05) is 10.8 Å². The van der Waals surface area contributed by atoms with E-state index in [-0.39, 0.29) is 0 Å². The summed E-state index contributed by atoms with van der Waals surface area (Å²) in [4.78, 5) is 5.62. The molecule has 0 N–H and O–H groups in total. The molecule has 0 aliphatic rings. The van der Waals surface area contributed by atoms with Gasteiger partial charge in [-0.25, -0.2) is 4.98 Å². The molecule has 0 radical (unpaired) electrons. The van der Waals surface area contributed by atoms with Crippen molar-refractivity contribution in [1.82, 2.24) is 4.98 Å². The third-order valence-corrected chi connectivity index (χ3v) is 4.24. The number of rotatable bonds is 0. The molecule has 0 saturated heterocycles. The molecule has 0 bridgehead atoms. The summed E-state index contributed by atoms with van der Waals surface area (Å²) < 4.78 is 0. The minimum Gasteiger partial charge on any atom is -0.237 e. The highest BCUT2D eigenvalue weighted by Crippen LogP contribution is 2.33. The zero-order valence-corrected chi connectivity index (χ0v) is 10.7. The zero-order chi connectivity index (χ0) is 11.3. The molecule has 0 aliphatic carbocycles. The van der Waals surface area contributed by atoms with Crippen LogP contribution in [0.15, 0.2) is 23.6 Å². The average molecular weight is 268 g/mol. The van der Waals surface area contributed by atoms with Gasteiger partial charge in [-0.1, -0.05) is 23.2 Å². The Labute approximate surface area is 107 Å². The van der Waals surface area contributed by atoms with Gasteiger partial charge < -0.3 is 0 Å². The lowest BCUT2D eigenvalue weighted by Gasteiger charge is -2.05. The van der Waals surface area contributed by atoms with Crippen LogP contribution in [0, 0.1) is 6.92 Å². The Morgan fingerprint density at radius 1 is 1.12 bits per heavy atom. The first-order chi connectivity index (χ1) is 7.66. The van der Waals surface area contributed by atoms with Crippen molar-refractivity contribution in [3.63, 3.8) is 0 Å². The van der Waals surface area contributed by atoms with Gasteiger partial charge >= 0.3 is 0 Å². The molecule has 80 valence electrons. The van der Waals surface area contributed by atoms with E-state index in [4.69, 9.17) is 23.2 Å². The summed E-state index contributed by atoms with van der Waals surface area (Å²) in [5, 5.41) is 5.44. The predicted molar refractivity (Wildman–Crippen MR) is 71.9 cm³/mol. The average Bonchev–Trinajstić information content (AvgIpc) is 2.70. The molecule has 2 aromatic heterocycles. The summed E-state index contributed by atoms with van der Waals surface area (Å²) in [5.74, 6) is 0. The molecule has 0 unspecified atom stereocenters. The quantitative estimate of drug-likeness (QED) is 0.555. The first-order valence-corrected chi connectivity index (χ1v) is 6.43. The summed E-state index contributed by atoms with van der Waals surface area (Å²) >= 11 is 13.7. The largest absolute Gasteiger partial charge is 0.237 e. The van der Waals surface area contributed by atoms with Gasteiger partial charge in [-0.05, 0) is 36.1 Å². The molecular weight excluding hydrogens is 261 g/mol. The van der Waals surface area contributed by atoms with Gasteiger partial charge in [0.2, 0.25) is 0 Å². The number of hydrogen-bond acceptors (Lipinski definition) is 2. The maximum atomic E-state index is 6.03. The lowest BCUT2D eigenvalue weighted by molar-refractivity contribution is 1.49. The van der Waals surface area contributed by atoms with Crippen LogP contribution < -0.4 is 0 Å².